The zero-order valence-corrected chi connectivity index (χ0v) is 14.6. The van der Waals surface area contributed by atoms with Crippen molar-refractivity contribution >= 4 is 5.91 Å². The summed E-state index contributed by atoms with van der Waals surface area (Å²) in [6.07, 6.45) is -6.86. The Labute approximate surface area is 151 Å². The van der Waals surface area contributed by atoms with Gasteiger partial charge in [-0.3, -0.25) is 10.1 Å². The molecule has 1 fully saturated rings. The predicted octanol–water partition coefficient (Wildman–Crippen LogP) is 0.156. The highest BCUT2D eigenvalue weighted by Gasteiger charge is 2.48. The number of benzene rings is 1. The number of carbonyl (C=O) groups is 1. The van der Waals surface area contributed by atoms with E-state index in [9.17, 15) is 28.9 Å². The first-order valence-electron chi connectivity index (χ1n) is 8.78. The van der Waals surface area contributed by atoms with Crippen LogP contribution in [0.25, 0.3) is 0 Å². The summed E-state index contributed by atoms with van der Waals surface area (Å²) in [6, 6.07) is 6.58. The highest BCUT2D eigenvalue weighted by atomic mass is 19.3. The van der Waals surface area contributed by atoms with E-state index < -0.39 is 42.7 Å². The van der Waals surface area contributed by atoms with Crippen LogP contribution < -0.4 is 5.32 Å². The highest BCUT2D eigenvalue weighted by molar-refractivity contribution is 5.83. The quantitative estimate of drug-likeness (QED) is 0.547. The van der Waals surface area contributed by atoms with Gasteiger partial charge < -0.3 is 20.2 Å². The number of aliphatic hydroxyl groups excluding tert-OH is 3. The second kappa shape index (κ2) is 9.36. The van der Waals surface area contributed by atoms with E-state index in [4.69, 9.17) is 0 Å². The molecule has 6 nitrogen and oxygen atoms in total. The molecule has 146 valence electrons. The Hall–Kier alpha value is -1.61. The lowest BCUT2D eigenvalue weighted by atomic mass is 9.89. The third kappa shape index (κ3) is 4.76. The number of aliphatic hydroxyl groups is 3. The van der Waals surface area contributed by atoms with Gasteiger partial charge in [-0.05, 0) is 25.3 Å². The fourth-order valence-corrected chi connectivity index (χ4v) is 3.19. The number of hydrogen-bond donors (Lipinski definition) is 4. The largest absolute Gasteiger partial charge is 0.388 e. The van der Waals surface area contributed by atoms with E-state index in [0.717, 1.165) is 12.0 Å². The Balaban J connectivity index is 1.99. The van der Waals surface area contributed by atoms with Gasteiger partial charge in [0.15, 0.2) is 0 Å². The summed E-state index contributed by atoms with van der Waals surface area (Å²) >= 11 is 0. The van der Waals surface area contributed by atoms with Crippen LogP contribution in [0.1, 0.15) is 18.9 Å². The molecule has 1 aliphatic rings. The minimum absolute atomic E-state index is 0.344. The van der Waals surface area contributed by atoms with E-state index >= 15 is 0 Å². The molecular weight excluding hydrogens is 346 g/mol. The Morgan fingerprint density at radius 1 is 1.15 bits per heavy atom. The van der Waals surface area contributed by atoms with Gasteiger partial charge in [0.05, 0.1) is 6.04 Å². The van der Waals surface area contributed by atoms with Gasteiger partial charge in [-0.1, -0.05) is 30.3 Å². The summed E-state index contributed by atoms with van der Waals surface area (Å²) in [7, 11) is 0. The maximum atomic E-state index is 13.0. The first-order chi connectivity index (χ1) is 12.4. The molecule has 5 atom stereocenters. The summed E-state index contributed by atoms with van der Waals surface area (Å²) in [4.78, 5) is 14.1. The van der Waals surface area contributed by atoms with Gasteiger partial charge in [0, 0.05) is 13.1 Å². The summed E-state index contributed by atoms with van der Waals surface area (Å²) in [5, 5.41) is 31.8. The number of aryl methyl sites for hydroxylation is 1. The maximum Gasteiger partial charge on any atom is 0.256 e. The molecule has 1 aromatic rings. The van der Waals surface area contributed by atoms with Crippen molar-refractivity contribution in [3.8, 4) is 0 Å². The molecule has 0 unspecified atom stereocenters. The van der Waals surface area contributed by atoms with Crippen LogP contribution in [-0.4, -0.2) is 76.0 Å². The van der Waals surface area contributed by atoms with Crippen LogP contribution in [0, 0.1) is 0 Å². The van der Waals surface area contributed by atoms with Crippen LogP contribution in [-0.2, 0) is 11.2 Å². The van der Waals surface area contributed by atoms with Crippen molar-refractivity contribution in [3.05, 3.63) is 35.9 Å². The molecular formula is C18H26F2N2O4. The number of amides is 1. The molecule has 0 bridgehead atoms. The summed E-state index contributed by atoms with van der Waals surface area (Å²) < 4.78 is 26.1. The van der Waals surface area contributed by atoms with Crippen molar-refractivity contribution in [3.63, 3.8) is 0 Å². The molecule has 0 aromatic heterocycles. The summed E-state index contributed by atoms with van der Waals surface area (Å²) in [5.41, 5.74) is 1.13. The smallest absolute Gasteiger partial charge is 0.256 e. The third-order valence-electron chi connectivity index (χ3n) is 4.75. The third-order valence-corrected chi connectivity index (χ3v) is 4.75. The topological polar surface area (TPSA) is 93.0 Å². The summed E-state index contributed by atoms with van der Waals surface area (Å²) in [6.45, 7) is 2.50. The number of rotatable bonds is 7. The SMILES string of the molecule is CCN(CCCc1ccccc1)C(=O)[C@H]1N[C@H](C(F)F)[C@@H](O)[C@H](O)[C@@H]1O. The average molecular weight is 372 g/mol. The van der Waals surface area contributed by atoms with Crippen molar-refractivity contribution in [2.75, 3.05) is 13.1 Å². The van der Waals surface area contributed by atoms with Crippen LogP contribution in [0.5, 0.6) is 0 Å². The molecule has 1 aliphatic heterocycles. The summed E-state index contributed by atoms with van der Waals surface area (Å²) in [5.74, 6) is -0.565. The molecule has 8 heteroatoms. The first kappa shape index (κ1) is 20.7. The molecule has 1 amide bonds. The zero-order valence-electron chi connectivity index (χ0n) is 14.6. The number of hydrogen-bond acceptors (Lipinski definition) is 5. The van der Waals surface area contributed by atoms with Crippen molar-refractivity contribution in [1.29, 1.82) is 0 Å². The van der Waals surface area contributed by atoms with E-state index in [1.165, 1.54) is 4.90 Å². The minimum atomic E-state index is -2.98. The van der Waals surface area contributed by atoms with Gasteiger partial charge in [0.25, 0.3) is 6.43 Å². The number of halogens is 2. The fourth-order valence-electron chi connectivity index (χ4n) is 3.19. The van der Waals surface area contributed by atoms with Gasteiger partial charge in [0.2, 0.25) is 5.91 Å². The second-order valence-corrected chi connectivity index (χ2v) is 6.48. The van der Waals surface area contributed by atoms with E-state index in [1.54, 1.807) is 6.92 Å². The highest BCUT2D eigenvalue weighted by Crippen LogP contribution is 2.21. The number of carbonyl (C=O) groups excluding carboxylic acids is 1. The molecule has 0 saturated carbocycles. The lowest BCUT2D eigenvalue weighted by Crippen LogP contribution is -2.70. The molecule has 1 heterocycles. The van der Waals surface area contributed by atoms with E-state index in [1.807, 2.05) is 30.3 Å². The van der Waals surface area contributed by atoms with Crippen molar-refractivity contribution in [1.82, 2.24) is 10.2 Å². The van der Waals surface area contributed by atoms with Gasteiger partial charge in [-0.15, -0.1) is 0 Å². The molecule has 0 aliphatic carbocycles. The van der Waals surface area contributed by atoms with Crippen LogP contribution >= 0.6 is 0 Å². The van der Waals surface area contributed by atoms with Gasteiger partial charge in [-0.25, -0.2) is 8.78 Å². The lowest BCUT2D eigenvalue weighted by molar-refractivity contribution is -0.159. The Kier molecular flexibility index (Phi) is 7.45. The predicted molar refractivity (Wildman–Crippen MR) is 91.8 cm³/mol. The number of alkyl halides is 2. The molecule has 1 aromatic carbocycles. The van der Waals surface area contributed by atoms with Crippen molar-refractivity contribution in [2.24, 2.45) is 0 Å². The van der Waals surface area contributed by atoms with E-state index in [0.29, 0.717) is 19.5 Å². The molecule has 4 N–H and O–H groups in total. The number of nitrogens with zero attached hydrogens (tertiary/aromatic N) is 1. The number of nitrogens with one attached hydrogen (secondary N) is 1. The Morgan fingerprint density at radius 2 is 1.81 bits per heavy atom. The zero-order chi connectivity index (χ0) is 19.3. The van der Waals surface area contributed by atoms with Crippen molar-refractivity contribution < 1.29 is 28.9 Å². The van der Waals surface area contributed by atoms with E-state index in [2.05, 4.69) is 5.32 Å². The van der Waals surface area contributed by atoms with Crippen molar-refractivity contribution in [2.45, 2.75) is 56.6 Å². The molecule has 0 spiro atoms. The Bertz CT molecular complexity index is 576. The fraction of sp³-hybridized carbons (Fsp3) is 0.611. The van der Waals surface area contributed by atoms with Crippen LogP contribution in [0.4, 0.5) is 8.78 Å². The van der Waals surface area contributed by atoms with E-state index in [-0.39, 0.29) is 0 Å². The Morgan fingerprint density at radius 3 is 2.38 bits per heavy atom. The first-order valence-corrected chi connectivity index (χ1v) is 8.78. The average Bonchev–Trinajstić information content (AvgIpc) is 2.63. The lowest BCUT2D eigenvalue weighted by Gasteiger charge is -2.42. The number of likely N-dealkylation sites (N-methyl/N-ethyl adjacent to an activating group) is 1. The van der Waals surface area contributed by atoms with Gasteiger partial charge in [0.1, 0.15) is 24.4 Å². The molecule has 1 saturated heterocycles. The van der Waals surface area contributed by atoms with Crippen LogP contribution in [0.15, 0.2) is 30.3 Å². The monoisotopic (exact) mass is 372 g/mol. The van der Waals surface area contributed by atoms with Gasteiger partial charge in [-0.2, -0.15) is 0 Å². The normalized spacial score (nSPS) is 29.0. The van der Waals surface area contributed by atoms with Crippen LogP contribution in [0.2, 0.25) is 0 Å². The second-order valence-electron chi connectivity index (χ2n) is 6.48. The van der Waals surface area contributed by atoms with Crippen LogP contribution in [0.3, 0.4) is 0 Å². The molecule has 26 heavy (non-hydrogen) atoms. The standard InChI is InChI=1S/C18H26F2N2O4/c1-2-22(10-6-9-11-7-4-3-5-8-11)18(26)13-15(24)16(25)14(23)12(21-13)17(19)20/h3-5,7-8,12-17,21,23-25H,2,6,9-10H2,1H3/t12-,13-,14+,15+,16-/m0/s1. The molecule has 0 radical (unpaired) electrons. The van der Waals surface area contributed by atoms with Gasteiger partial charge >= 0.3 is 0 Å². The number of piperidine rings is 1. The molecule has 2 rings (SSSR count). The maximum absolute atomic E-state index is 13.0. The minimum Gasteiger partial charge on any atom is -0.388 e.